The molecular formula is C21H18F2N4O. The fraction of sp³-hybridized carbons (Fsp3) is 0.190. The van der Waals surface area contributed by atoms with Crippen LogP contribution < -0.4 is 5.32 Å². The highest BCUT2D eigenvalue weighted by atomic mass is 19.3. The Hall–Kier alpha value is -3.53. The van der Waals surface area contributed by atoms with E-state index in [-0.39, 0.29) is 5.91 Å². The quantitative estimate of drug-likeness (QED) is 0.700. The molecule has 0 spiro atoms. The Morgan fingerprint density at radius 2 is 2.07 bits per heavy atom. The molecule has 7 heteroatoms. The van der Waals surface area contributed by atoms with Gasteiger partial charge < -0.3 is 5.32 Å². The van der Waals surface area contributed by atoms with Crippen molar-refractivity contribution >= 4 is 11.6 Å². The number of alkyl halides is 2. The van der Waals surface area contributed by atoms with Crippen molar-refractivity contribution in [3.63, 3.8) is 0 Å². The number of hydrogen-bond acceptors (Lipinski definition) is 3. The average Bonchev–Trinajstić information content (AvgIpc) is 3.00. The number of pyridine rings is 1. The van der Waals surface area contributed by atoms with E-state index in [0.29, 0.717) is 16.9 Å². The minimum Gasteiger partial charge on any atom is -0.319 e. The number of carbonyl (C=O) groups is 1. The topological polar surface area (TPSA) is 59.8 Å². The summed E-state index contributed by atoms with van der Waals surface area (Å²) in [4.78, 5) is 16.6. The Balaban J connectivity index is 1.80. The summed E-state index contributed by atoms with van der Waals surface area (Å²) >= 11 is 0. The second kappa shape index (κ2) is 8.44. The molecule has 0 atom stereocenters. The van der Waals surface area contributed by atoms with Gasteiger partial charge in [0, 0.05) is 35.3 Å². The zero-order valence-electron chi connectivity index (χ0n) is 15.4. The van der Waals surface area contributed by atoms with Crippen LogP contribution in [0.4, 0.5) is 14.5 Å². The number of amides is 1. The first kappa shape index (κ1) is 19.2. The van der Waals surface area contributed by atoms with E-state index in [1.54, 1.807) is 37.5 Å². The van der Waals surface area contributed by atoms with Gasteiger partial charge in [-0.15, -0.1) is 0 Å². The lowest BCUT2D eigenvalue weighted by molar-refractivity contribution is 0.102. The van der Waals surface area contributed by atoms with Crippen molar-refractivity contribution in [2.24, 2.45) is 0 Å². The van der Waals surface area contributed by atoms with Gasteiger partial charge in [0.25, 0.3) is 12.3 Å². The van der Waals surface area contributed by atoms with Crippen LogP contribution in [0.25, 0.3) is 0 Å². The van der Waals surface area contributed by atoms with Crippen LogP contribution in [0.1, 0.15) is 32.7 Å². The molecule has 1 aromatic carbocycles. The van der Waals surface area contributed by atoms with Crippen molar-refractivity contribution in [1.29, 1.82) is 0 Å². The second-order valence-corrected chi connectivity index (χ2v) is 6.22. The van der Waals surface area contributed by atoms with E-state index in [1.165, 1.54) is 6.20 Å². The van der Waals surface area contributed by atoms with Crippen LogP contribution in [0.2, 0.25) is 0 Å². The van der Waals surface area contributed by atoms with Crippen LogP contribution in [-0.2, 0) is 6.54 Å². The molecule has 0 bridgehead atoms. The third-order valence-electron chi connectivity index (χ3n) is 4.02. The van der Waals surface area contributed by atoms with E-state index in [1.807, 2.05) is 19.1 Å². The van der Waals surface area contributed by atoms with Crippen LogP contribution in [0.15, 0.2) is 48.9 Å². The van der Waals surface area contributed by atoms with Gasteiger partial charge in [-0.25, -0.2) is 8.78 Å². The zero-order valence-corrected chi connectivity index (χ0v) is 15.4. The molecule has 3 aromatic rings. The van der Waals surface area contributed by atoms with Crippen molar-refractivity contribution in [2.75, 3.05) is 5.32 Å². The molecule has 5 nitrogen and oxygen atoms in total. The predicted molar refractivity (Wildman–Crippen MR) is 102 cm³/mol. The summed E-state index contributed by atoms with van der Waals surface area (Å²) in [6.45, 7) is 3.04. The molecule has 0 fully saturated rings. The van der Waals surface area contributed by atoms with E-state index >= 15 is 0 Å². The first-order valence-electron chi connectivity index (χ1n) is 8.58. The summed E-state index contributed by atoms with van der Waals surface area (Å²) in [6.07, 6.45) is 2.23. The summed E-state index contributed by atoms with van der Waals surface area (Å²) in [5, 5.41) is 6.70. The summed E-state index contributed by atoms with van der Waals surface area (Å²) in [5.41, 5.74) is 3.73. The number of halogens is 2. The SMILES string of the molecule is Cc1ccc(C(=O)Nc2cn(CC(F)F)nc2C)cc1C#Cc1cccnc1. The minimum atomic E-state index is -2.51. The Labute approximate surface area is 161 Å². The molecule has 2 heterocycles. The van der Waals surface area contributed by atoms with Gasteiger partial charge in [-0.3, -0.25) is 14.5 Å². The average molecular weight is 380 g/mol. The van der Waals surface area contributed by atoms with Gasteiger partial charge in [0.1, 0.15) is 6.54 Å². The van der Waals surface area contributed by atoms with Crippen LogP contribution >= 0.6 is 0 Å². The molecule has 0 unspecified atom stereocenters. The molecule has 0 aliphatic heterocycles. The zero-order chi connectivity index (χ0) is 20.1. The molecule has 142 valence electrons. The molecule has 3 rings (SSSR count). The van der Waals surface area contributed by atoms with Crippen molar-refractivity contribution < 1.29 is 13.6 Å². The minimum absolute atomic E-state index is 0.357. The molecule has 28 heavy (non-hydrogen) atoms. The standard InChI is InChI=1S/C21H18F2N4O/c1-14-5-7-18(10-17(14)8-6-16-4-3-9-24-11-16)21(28)25-19-12-27(13-20(22)23)26-15(19)2/h3-5,7,9-12,20H,13H2,1-2H3,(H,25,28). The number of nitrogens with one attached hydrogen (secondary N) is 1. The first-order chi connectivity index (χ1) is 13.4. The molecule has 2 aromatic heterocycles. The first-order valence-corrected chi connectivity index (χ1v) is 8.58. The summed E-state index contributed by atoms with van der Waals surface area (Å²) in [7, 11) is 0. The van der Waals surface area contributed by atoms with Gasteiger partial charge in [-0.05, 0) is 43.7 Å². The Bertz CT molecular complexity index is 1050. The smallest absolute Gasteiger partial charge is 0.257 e. The van der Waals surface area contributed by atoms with Crippen LogP contribution in [0.3, 0.4) is 0 Å². The number of anilines is 1. The van der Waals surface area contributed by atoms with E-state index in [9.17, 15) is 13.6 Å². The predicted octanol–water partition coefficient (Wildman–Crippen LogP) is 3.81. The molecule has 1 amide bonds. The Kier molecular flexibility index (Phi) is 5.80. The fourth-order valence-electron chi connectivity index (χ4n) is 2.54. The molecule has 0 radical (unpaired) electrons. The van der Waals surface area contributed by atoms with Gasteiger partial charge in [0.15, 0.2) is 0 Å². The monoisotopic (exact) mass is 380 g/mol. The lowest BCUT2D eigenvalue weighted by atomic mass is 10.0. The maximum Gasteiger partial charge on any atom is 0.257 e. The largest absolute Gasteiger partial charge is 0.319 e. The second-order valence-electron chi connectivity index (χ2n) is 6.22. The number of aryl methyl sites for hydroxylation is 2. The molecule has 0 saturated carbocycles. The normalized spacial score (nSPS) is 10.5. The number of nitrogens with zero attached hydrogens (tertiary/aromatic N) is 3. The third-order valence-corrected chi connectivity index (χ3v) is 4.02. The van der Waals surface area contributed by atoms with E-state index in [4.69, 9.17) is 0 Å². The van der Waals surface area contributed by atoms with Gasteiger partial charge in [-0.1, -0.05) is 17.9 Å². The Morgan fingerprint density at radius 1 is 1.25 bits per heavy atom. The number of rotatable bonds is 4. The number of aromatic nitrogens is 3. The molecular weight excluding hydrogens is 362 g/mol. The van der Waals surface area contributed by atoms with Gasteiger partial charge in [0.2, 0.25) is 0 Å². The Morgan fingerprint density at radius 3 is 2.79 bits per heavy atom. The number of hydrogen-bond donors (Lipinski definition) is 1. The highest BCUT2D eigenvalue weighted by Crippen LogP contribution is 2.17. The van der Waals surface area contributed by atoms with Crippen molar-refractivity contribution in [1.82, 2.24) is 14.8 Å². The maximum atomic E-state index is 12.6. The fourth-order valence-corrected chi connectivity index (χ4v) is 2.54. The van der Waals surface area contributed by atoms with Crippen LogP contribution in [0.5, 0.6) is 0 Å². The summed E-state index contributed by atoms with van der Waals surface area (Å²) in [6, 6.07) is 8.87. The summed E-state index contributed by atoms with van der Waals surface area (Å²) in [5.74, 6) is 5.72. The lowest BCUT2D eigenvalue weighted by Gasteiger charge is -2.06. The van der Waals surface area contributed by atoms with Gasteiger partial charge in [0.05, 0.1) is 11.4 Å². The lowest BCUT2D eigenvalue weighted by Crippen LogP contribution is -2.12. The highest BCUT2D eigenvalue weighted by molar-refractivity contribution is 6.04. The molecule has 0 aliphatic carbocycles. The van der Waals surface area contributed by atoms with Crippen LogP contribution in [0, 0.1) is 25.7 Å². The molecule has 1 N–H and O–H groups in total. The summed E-state index contributed by atoms with van der Waals surface area (Å²) < 4.78 is 26.1. The van der Waals surface area contributed by atoms with E-state index in [0.717, 1.165) is 21.4 Å². The van der Waals surface area contributed by atoms with Crippen LogP contribution in [-0.4, -0.2) is 27.1 Å². The van der Waals surface area contributed by atoms with Crippen molar-refractivity contribution in [3.05, 3.63) is 76.9 Å². The number of carbonyl (C=O) groups excluding carboxylic acids is 1. The van der Waals surface area contributed by atoms with Crippen molar-refractivity contribution in [2.45, 2.75) is 26.8 Å². The highest BCUT2D eigenvalue weighted by Gasteiger charge is 2.13. The van der Waals surface area contributed by atoms with Gasteiger partial charge >= 0.3 is 0 Å². The third kappa shape index (κ3) is 4.80. The van der Waals surface area contributed by atoms with Gasteiger partial charge in [-0.2, -0.15) is 5.10 Å². The molecule has 0 aliphatic rings. The van der Waals surface area contributed by atoms with Crippen molar-refractivity contribution in [3.8, 4) is 11.8 Å². The van der Waals surface area contributed by atoms with E-state index in [2.05, 4.69) is 27.2 Å². The molecule has 0 saturated heterocycles. The van der Waals surface area contributed by atoms with E-state index < -0.39 is 13.0 Å². The number of benzene rings is 1. The maximum absolute atomic E-state index is 12.6.